The molecule has 0 fully saturated rings. The summed E-state index contributed by atoms with van der Waals surface area (Å²) in [7, 11) is 1.51. The summed E-state index contributed by atoms with van der Waals surface area (Å²) in [4.78, 5) is 22.6. The van der Waals surface area contributed by atoms with Gasteiger partial charge >= 0.3 is 12.1 Å². The van der Waals surface area contributed by atoms with Gasteiger partial charge in [0.05, 0.1) is 12.8 Å². The minimum Gasteiger partial charge on any atom is -0.495 e. The highest BCUT2D eigenvalue weighted by Gasteiger charge is 2.10. The first-order chi connectivity index (χ1) is 12.1. The SMILES string of the molecule is COc1ccc(CCCC(=O)O)cc1NC(=O)OCc1ccccc1. The Hall–Kier alpha value is -3.02. The van der Waals surface area contributed by atoms with Crippen molar-refractivity contribution < 1.29 is 24.2 Å². The summed E-state index contributed by atoms with van der Waals surface area (Å²) in [5.41, 5.74) is 2.31. The number of carboxylic acid groups (broad SMARTS) is 1. The van der Waals surface area contributed by atoms with Gasteiger partial charge in [-0.05, 0) is 36.1 Å². The van der Waals surface area contributed by atoms with E-state index >= 15 is 0 Å². The van der Waals surface area contributed by atoms with Crippen LogP contribution in [0.2, 0.25) is 0 Å². The second kappa shape index (κ2) is 9.32. The lowest BCUT2D eigenvalue weighted by molar-refractivity contribution is -0.137. The predicted octanol–water partition coefficient (Wildman–Crippen LogP) is 3.85. The molecule has 0 atom stereocenters. The van der Waals surface area contributed by atoms with Gasteiger partial charge in [-0.2, -0.15) is 0 Å². The lowest BCUT2D eigenvalue weighted by Gasteiger charge is -2.12. The fourth-order valence-corrected chi connectivity index (χ4v) is 2.32. The number of ether oxygens (including phenoxy) is 2. The summed E-state index contributed by atoms with van der Waals surface area (Å²) in [6.45, 7) is 0.174. The predicted molar refractivity (Wildman–Crippen MR) is 93.8 cm³/mol. The molecule has 0 radical (unpaired) electrons. The topological polar surface area (TPSA) is 84.9 Å². The van der Waals surface area contributed by atoms with E-state index in [1.807, 2.05) is 36.4 Å². The summed E-state index contributed by atoms with van der Waals surface area (Å²) >= 11 is 0. The van der Waals surface area contributed by atoms with E-state index in [2.05, 4.69) is 5.32 Å². The molecular weight excluding hydrogens is 322 g/mol. The van der Waals surface area contributed by atoms with Gasteiger partial charge in [0.2, 0.25) is 0 Å². The number of aryl methyl sites for hydroxylation is 1. The molecule has 0 aliphatic heterocycles. The zero-order valence-electron chi connectivity index (χ0n) is 14.0. The van der Waals surface area contributed by atoms with Gasteiger partial charge < -0.3 is 14.6 Å². The fourth-order valence-electron chi connectivity index (χ4n) is 2.32. The molecule has 0 aliphatic rings. The summed E-state index contributed by atoms with van der Waals surface area (Å²) in [5.74, 6) is -0.310. The first kappa shape index (κ1) is 18.3. The lowest BCUT2D eigenvalue weighted by atomic mass is 10.1. The highest BCUT2D eigenvalue weighted by Crippen LogP contribution is 2.26. The van der Waals surface area contributed by atoms with E-state index in [1.54, 1.807) is 12.1 Å². The van der Waals surface area contributed by atoms with E-state index in [4.69, 9.17) is 14.6 Å². The molecule has 0 bridgehead atoms. The minimum atomic E-state index is -0.823. The van der Waals surface area contributed by atoms with E-state index < -0.39 is 12.1 Å². The van der Waals surface area contributed by atoms with Crippen molar-refractivity contribution in [2.45, 2.75) is 25.9 Å². The average Bonchev–Trinajstić information content (AvgIpc) is 2.61. The number of methoxy groups -OCH3 is 1. The van der Waals surface area contributed by atoms with Gasteiger partial charge in [-0.1, -0.05) is 36.4 Å². The molecule has 132 valence electrons. The molecule has 0 unspecified atom stereocenters. The molecule has 25 heavy (non-hydrogen) atoms. The third-order valence-corrected chi connectivity index (χ3v) is 3.57. The van der Waals surface area contributed by atoms with E-state index in [1.165, 1.54) is 7.11 Å². The molecule has 2 aromatic carbocycles. The Morgan fingerprint density at radius 2 is 1.84 bits per heavy atom. The van der Waals surface area contributed by atoms with Crippen LogP contribution in [0.3, 0.4) is 0 Å². The number of rotatable bonds is 8. The van der Waals surface area contributed by atoms with E-state index in [0.717, 1.165) is 11.1 Å². The van der Waals surface area contributed by atoms with Crippen LogP contribution in [0.1, 0.15) is 24.0 Å². The monoisotopic (exact) mass is 343 g/mol. The van der Waals surface area contributed by atoms with Gasteiger partial charge in [0, 0.05) is 6.42 Å². The molecule has 0 aromatic heterocycles. The number of carboxylic acids is 1. The number of aliphatic carboxylic acids is 1. The maximum atomic E-state index is 12.0. The Kier molecular flexibility index (Phi) is 6.83. The molecule has 6 heteroatoms. The highest BCUT2D eigenvalue weighted by atomic mass is 16.5. The number of nitrogens with one attached hydrogen (secondary N) is 1. The number of hydrogen-bond acceptors (Lipinski definition) is 4. The lowest BCUT2D eigenvalue weighted by Crippen LogP contribution is -2.14. The average molecular weight is 343 g/mol. The third kappa shape index (κ3) is 6.18. The van der Waals surface area contributed by atoms with Crippen molar-refractivity contribution in [3.63, 3.8) is 0 Å². The van der Waals surface area contributed by atoms with Crippen molar-refractivity contribution in [1.82, 2.24) is 0 Å². The number of carbonyl (C=O) groups excluding carboxylic acids is 1. The fraction of sp³-hybridized carbons (Fsp3) is 0.263. The Bertz CT molecular complexity index is 715. The minimum absolute atomic E-state index is 0.105. The molecule has 2 rings (SSSR count). The summed E-state index contributed by atoms with van der Waals surface area (Å²) in [6.07, 6.45) is 0.655. The largest absolute Gasteiger partial charge is 0.495 e. The summed E-state index contributed by atoms with van der Waals surface area (Å²) in [6, 6.07) is 14.7. The van der Waals surface area contributed by atoms with Crippen molar-refractivity contribution in [2.24, 2.45) is 0 Å². The van der Waals surface area contributed by atoms with Crippen LogP contribution in [0.25, 0.3) is 0 Å². The number of carbonyl (C=O) groups is 2. The van der Waals surface area contributed by atoms with Gasteiger partial charge in [-0.3, -0.25) is 10.1 Å². The molecule has 0 heterocycles. The van der Waals surface area contributed by atoms with Crippen LogP contribution >= 0.6 is 0 Å². The number of hydrogen-bond donors (Lipinski definition) is 2. The summed E-state index contributed by atoms with van der Waals surface area (Å²) < 4.78 is 10.4. The molecule has 1 amide bonds. The highest BCUT2D eigenvalue weighted by molar-refractivity contribution is 5.86. The van der Waals surface area contributed by atoms with Crippen LogP contribution in [0.5, 0.6) is 5.75 Å². The second-order valence-electron chi connectivity index (χ2n) is 5.47. The van der Waals surface area contributed by atoms with Crippen molar-refractivity contribution in [3.8, 4) is 5.75 Å². The van der Waals surface area contributed by atoms with Crippen molar-refractivity contribution >= 4 is 17.7 Å². The van der Waals surface area contributed by atoms with Gasteiger partial charge in [0.25, 0.3) is 0 Å². The van der Waals surface area contributed by atoms with E-state index in [9.17, 15) is 9.59 Å². The second-order valence-corrected chi connectivity index (χ2v) is 5.47. The number of anilines is 1. The standard InChI is InChI=1S/C19H21NO5/c1-24-17-11-10-14(8-5-9-18(21)22)12-16(17)20-19(23)25-13-15-6-3-2-4-7-15/h2-4,6-7,10-12H,5,8-9,13H2,1H3,(H,20,23)(H,21,22). The molecule has 2 N–H and O–H groups in total. The Morgan fingerprint density at radius 3 is 2.52 bits per heavy atom. The maximum Gasteiger partial charge on any atom is 0.412 e. The zero-order chi connectivity index (χ0) is 18.1. The first-order valence-corrected chi connectivity index (χ1v) is 7.95. The number of amides is 1. The molecule has 0 saturated heterocycles. The molecule has 0 spiro atoms. The van der Waals surface area contributed by atoms with Crippen LogP contribution in [0.4, 0.5) is 10.5 Å². The summed E-state index contributed by atoms with van der Waals surface area (Å²) in [5, 5.41) is 11.4. The van der Waals surface area contributed by atoms with Crippen LogP contribution in [-0.4, -0.2) is 24.3 Å². The quantitative estimate of drug-likeness (QED) is 0.760. The maximum absolute atomic E-state index is 12.0. The normalized spacial score (nSPS) is 10.1. The molecule has 0 aliphatic carbocycles. The molecule has 2 aromatic rings. The van der Waals surface area contributed by atoms with Gasteiger partial charge in [-0.25, -0.2) is 4.79 Å². The molecule has 6 nitrogen and oxygen atoms in total. The van der Waals surface area contributed by atoms with Gasteiger partial charge in [0.15, 0.2) is 0 Å². The molecular formula is C19H21NO5. The Balaban J connectivity index is 1.96. The van der Waals surface area contributed by atoms with Gasteiger partial charge in [0.1, 0.15) is 12.4 Å². The smallest absolute Gasteiger partial charge is 0.412 e. The zero-order valence-corrected chi connectivity index (χ0v) is 14.0. The first-order valence-electron chi connectivity index (χ1n) is 7.95. The third-order valence-electron chi connectivity index (χ3n) is 3.57. The Labute approximate surface area is 146 Å². The van der Waals surface area contributed by atoms with E-state index in [0.29, 0.717) is 24.3 Å². The van der Waals surface area contributed by atoms with Crippen molar-refractivity contribution in [2.75, 3.05) is 12.4 Å². The number of benzene rings is 2. The molecule has 0 saturated carbocycles. The van der Waals surface area contributed by atoms with E-state index in [-0.39, 0.29) is 13.0 Å². The van der Waals surface area contributed by atoms with Crippen LogP contribution in [-0.2, 0) is 22.6 Å². The van der Waals surface area contributed by atoms with Crippen molar-refractivity contribution in [1.29, 1.82) is 0 Å². The van der Waals surface area contributed by atoms with Crippen LogP contribution in [0, 0.1) is 0 Å². The van der Waals surface area contributed by atoms with Crippen LogP contribution < -0.4 is 10.1 Å². The Morgan fingerprint density at radius 1 is 1.08 bits per heavy atom. The van der Waals surface area contributed by atoms with Crippen LogP contribution in [0.15, 0.2) is 48.5 Å². The van der Waals surface area contributed by atoms with Gasteiger partial charge in [-0.15, -0.1) is 0 Å². The van der Waals surface area contributed by atoms with Crippen molar-refractivity contribution in [3.05, 3.63) is 59.7 Å².